The highest BCUT2D eigenvalue weighted by atomic mass is 32.2. The van der Waals surface area contributed by atoms with Gasteiger partial charge in [-0.25, -0.2) is 9.67 Å². The van der Waals surface area contributed by atoms with Crippen LogP contribution in [0.15, 0.2) is 60.0 Å². The van der Waals surface area contributed by atoms with Gasteiger partial charge >= 0.3 is 0 Å². The van der Waals surface area contributed by atoms with E-state index in [0.29, 0.717) is 22.2 Å². The summed E-state index contributed by atoms with van der Waals surface area (Å²) in [6, 6.07) is 14.8. The molecule has 0 amide bonds. The molecule has 0 fully saturated rings. The van der Waals surface area contributed by atoms with Crippen LogP contribution in [0, 0.1) is 0 Å². The maximum absolute atomic E-state index is 12.4. The summed E-state index contributed by atoms with van der Waals surface area (Å²) in [6.45, 7) is 0. The average Bonchev–Trinajstić information content (AvgIpc) is 3.15. The van der Waals surface area contributed by atoms with Crippen molar-refractivity contribution in [2.24, 2.45) is 0 Å². The van der Waals surface area contributed by atoms with Crippen molar-refractivity contribution in [3.05, 3.63) is 60.4 Å². The summed E-state index contributed by atoms with van der Waals surface area (Å²) < 4.78 is 12.1. The molecule has 25 heavy (non-hydrogen) atoms. The van der Waals surface area contributed by atoms with E-state index in [1.165, 1.54) is 11.8 Å². The first-order valence-electron chi connectivity index (χ1n) is 7.56. The Morgan fingerprint density at radius 1 is 1.08 bits per heavy atom. The fourth-order valence-electron chi connectivity index (χ4n) is 2.24. The minimum Gasteiger partial charge on any atom is -0.493 e. The number of thioether (sulfide) groups is 1. The molecular weight excluding hydrogens is 338 g/mol. The second kappa shape index (κ2) is 7.85. The summed E-state index contributed by atoms with van der Waals surface area (Å²) >= 11 is 1.30. The molecule has 3 rings (SSSR count). The van der Waals surface area contributed by atoms with Crippen LogP contribution in [0.25, 0.3) is 5.69 Å². The Balaban J connectivity index is 1.66. The van der Waals surface area contributed by atoms with Crippen molar-refractivity contribution in [2.75, 3.05) is 20.0 Å². The van der Waals surface area contributed by atoms with Crippen molar-refractivity contribution in [2.45, 2.75) is 5.16 Å². The Labute approximate surface area is 149 Å². The van der Waals surface area contributed by atoms with Gasteiger partial charge in [0.15, 0.2) is 17.3 Å². The highest BCUT2D eigenvalue weighted by Crippen LogP contribution is 2.28. The molecule has 7 heteroatoms. The van der Waals surface area contributed by atoms with E-state index in [-0.39, 0.29) is 11.5 Å². The van der Waals surface area contributed by atoms with Gasteiger partial charge in [0.2, 0.25) is 5.16 Å². The van der Waals surface area contributed by atoms with Crippen LogP contribution in [-0.4, -0.2) is 40.5 Å². The van der Waals surface area contributed by atoms with Gasteiger partial charge in [-0.1, -0.05) is 30.0 Å². The molecule has 0 radical (unpaired) electrons. The molecule has 0 bridgehead atoms. The Kier molecular flexibility index (Phi) is 5.35. The first-order chi connectivity index (χ1) is 12.2. The molecule has 0 unspecified atom stereocenters. The number of benzene rings is 2. The van der Waals surface area contributed by atoms with Crippen LogP contribution >= 0.6 is 11.8 Å². The summed E-state index contributed by atoms with van der Waals surface area (Å²) in [4.78, 5) is 16.6. The molecule has 6 nitrogen and oxygen atoms in total. The van der Waals surface area contributed by atoms with Gasteiger partial charge in [0.05, 0.1) is 25.7 Å². The number of para-hydroxylation sites is 1. The number of ether oxygens (including phenoxy) is 2. The van der Waals surface area contributed by atoms with Crippen LogP contribution in [0.2, 0.25) is 0 Å². The summed E-state index contributed by atoms with van der Waals surface area (Å²) in [5, 5.41) is 4.93. The van der Waals surface area contributed by atoms with E-state index in [1.807, 2.05) is 30.3 Å². The SMILES string of the molecule is COc1ccc(C(=O)CSc2ncn(-c3ccccc3)n2)cc1OC. The van der Waals surface area contributed by atoms with Gasteiger partial charge in [0.25, 0.3) is 0 Å². The highest BCUT2D eigenvalue weighted by Gasteiger charge is 2.13. The molecule has 128 valence electrons. The second-order valence-electron chi connectivity index (χ2n) is 5.09. The van der Waals surface area contributed by atoms with E-state index in [1.54, 1.807) is 43.4 Å². The van der Waals surface area contributed by atoms with Crippen molar-refractivity contribution in [3.8, 4) is 17.2 Å². The number of methoxy groups -OCH3 is 2. The van der Waals surface area contributed by atoms with Crippen LogP contribution in [0.3, 0.4) is 0 Å². The number of nitrogens with zero attached hydrogens (tertiary/aromatic N) is 3. The third-order valence-electron chi connectivity index (χ3n) is 3.53. The van der Waals surface area contributed by atoms with E-state index in [9.17, 15) is 4.79 Å². The average molecular weight is 355 g/mol. The predicted octanol–water partition coefficient (Wildman–Crippen LogP) is 3.26. The fourth-order valence-corrected chi connectivity index (χ4v) is 2.94. The molecule has 0 saturated carbocycles. The van der Waals surface area contributed by atoms with Crippen LogP contribution in [0.1, 0.15) is 10.4 Å². The Hall–Kier alpha value is -2.80. The summed E-state index contributed by atoms with van der Waals surface area (Å²) in [5.74, 6) is 1.34. The number of hydrogen-bond acceptors (Lipinski definition) is 6. The van der Waals surface area contributed by atoms with Gasteiger partial charge in [-0.3, -0.25) is 4.79 Å². The number of aromatic nitrogens is 3. The molecule has 0 N–H and O–H groups in total. The first-order valence-corrected chi connectivity index (χ1v) is 8.55. The first kappa shape index (κ1) is 17.0. The molecule has 3 aromatic rings. The van der Waals surface area contributed by atoms with Crippen molar-refractivity contribution in [1.82, 2.24) is 14.8 Å². The number of carbonyl (C=O) groups excluding carboxylic acids is 1. The maximum atomic E-state index is 12.4. The van der Waals surface area contributed by atoms with E-state index < -0.39 is 0 Å². The zero-order valence-corrected chi connectivity index (χ0v) is 14.7. The van der Waals surface area contributed by atoms with Crippen molar-refractivity contribution in [1.29, 1.82) is 0 Å². The van der Waals surface area contributed by atoms with Gasteiger partial charge in [-0.05, 0) is 30.3 Å². The summed E-state index contributed by atoms with van der Waals surface area (Å²) in [7, 11) is 3.10. The number of rotatable bonds is 7. The number of carbonyl (C=O) groups is 1. The molecule has 0 aliphatic heterocycles. The third kappa shape index (κ3) is 4.00. The molecule has 1 heterocycles. The minimum atomic E-state index is -0.0259. The molecule has 2 aromatic carbocycles. The smallest absolute Gasteiger partial charge is 0.209 e. The van der Waals surface area contributed by atoms with E-state index >= 15 is 0 Å². The largest absolute Gasteiger partial charge is 0.493 e. The minimum absolute atomic E-state index is 0.0259. The Morgan fingerprint density at radius 3 is 2.56 bits per heavy atom. The Morgan fingerprint density at radius 2 is 1.84 bits per heavy atom. The van der Waals surface area contributed by atoms with Crippen LogP contribution in [0.5, 0.6) is 11.5 Å². The lowest BCUT2D eigenvalue weighted by molar-refractivity contribution is 0.102. The molecule has 1 aromatic heterocycles. The van der Waals surface area contributed by atoms with Gasteiger partial charge in [-0.2, -0.15) is 0 Å². The Bertz CT molecular complexity index is 865. The van der Waals surface area contributed by atoms with Gasteiger partial charge in [0, 0.05) is 5.56 Å². The van der Waals surface area contributed by atoms with Crippen LogP contribution in [-0.2, 0) is 0 Å². The lowest BCUT2D eigenvalue weighted by Gasteiger charge is -2.08. The van der Waals surface area contributed by atoms with E-state index in [2.05, 4.69) is 10.1 Å². The van der Waals surface area contributed by atoms with E-state index in [0.717, 1.165) is 5.69 Å². The number of ketones is 1. The van der Waals surface area contributed by atoms with Crippen molar-refractivity contribution in [3.63, 3.8) is 0 Å². The molecule has 0 aliphatic rings. The topological polar surface area (TPSA) is 66.2 Å². The van der Waals surface area contributed by atoms with Gasteiger partial charge in [-0.15, -0.1) is 5.10 Å². The van der Waals surface area contributed by atoms with Crippen LogP contribution < -0.4 is 9.47 Å². The standard InChI is InChI=1S/C18H17N3O3S/c1-23-16-9-8-13(10-17(16)24-2)15(22)11-25-18-19-12-21(20-18)14-6-4-3-5-7-14/h3-10,12H,11H2,1-2H3. The number of Topliss-reactive ketones (excluding diaryl/α,β-unsaturated/α-hetero) is 1. The third-order valence-corrected chi connectivity index (χ3v) is 4.38. The molecule has 0 saturated heterocycles. The van der Waals surface area contributed by atoms with Gasteiger partial charge in [0.1, 0.15) is 6.33 Å². The number of hydrogen-bond donors (Lipinski definition) is 0. The predicted molar refractivity (Wildman–Crippen MR) is 96.0 cm³/mol. The molecular formula is C18H17N3O3S. The normalized spacial score (nSPS) is 10.5. The lowest BCUT2D eigenvalue weighted by Crippen LogP contribution is -2.04. The zero-order valence-electron chi connectivity index (χ0n) is 13.9. The second-order valence-corrected chi connectivity index (χ2v) is 6.03. The fraction of sp³-hybridized carbons (Fsp3) is 0.167. The van der Waals surface area contributed by atoms with Crippen LogP contribution in [0.4, 0.5) is 0 Å². The monoisotopic (exact) mass is 355 g/mol. The maximum Gasteiger partial charge on any atom is 0.209 e. The highest BCUT2D eigenvalue weighted by molar-refractivity contribution is 7.99. The quantitative estimate of drug-likeness (QED) is 0.479. The van der Waals surface area contributed by atoms with Gasteiger partial charge < -0.3 is 9.47 Å². The zero-order chi connectivity index (χ0) is 17.6. The van der Waals surface area contributed by atoms with E-state index in [4.69, 9.17) is 9.47 Å². The summed E-state index contributed by atoms with van der Waals surface area (Å²) in [5.41, 5.74) is 1.49. The van der Waals surface area contributed by atoms with Crippen molar-refractivity contribution < 1.29 is 14.3 Å². The molecule has 0 atom stereocenters. The van der Waals surface area contributed by atoms with Crippen molar-refractivity contribution >= 4 is 17.5 Å². The molecule has 0 aliphatic carbocycles. The molecule has 0 spiro atoms. The lowest BCUT2D eigenvalue weighted by atomic mass is 10.1. The summed E-state index contributed by atoms with van der Waals surface area (Å²) in [6.07, 6.45) is 1.64.